The van der Waals surface area contributed by atoms with E-state index in [1.165, 1.54) is 25.1 Å². The SMILES string of the molecule is CC(C(N)c1ccccc1C(F)(F)F)S(C)(=O)=O. The van der Waals surface area contributed by atoms with Crippen molar-refractivity contribution in [2.24, 2.45) is 5.73 Å². The summed E-state index contributed by atoms with van der Waals surface area (Å²) in [5.74, 6) is 0. The number of benzene rings is 1. The predicted octanol–water partition coefficient (Wildman–Crippen LogP) is 2.14. The summed E-state index contributed by atoms with van der Waals surface area (Å²) >= 11 is 0. The minimum Gasteiger partial charge on any atom is -0.323 e. The van der Waals surface area contributed by atoms with Crippen LogP contribution in [0.1, 0.15) is 24.1 Å². The number of alkyl halides is 3. The van der Waals surface area contributed by atoms with Gasteiger partial charge in [-0.2, -0.15) is 13.2 Å². The van der Waals surface area contributed by atoms with Gasteiger partial charge < -0.3 is 5.73 Å². The second-order valence-corrected chi connectivity index (χ2v) is 6.55. The lowest BCUT2D eigenvalue weighted by molar-refractivity contribution is -0.138. The Morgan fingerprint density at radius 3 is 2.17 bits per heavy atom. The van der Waals surface area contributed by atoms with Gasteiger partial charge in [0.15, 0.2) is 9.84 Å². The van der Waals surface area contributed by atoms with Crippen molar-refractivity contribution in [3.63, 3.8) is 0 Å². The van der Waals surface area contributed by atoms with E-state index >= 15 is 0 Å². The normalized spacial score (nSPS) is 16.3. The van der Waals surface area contributed by atoms with E-state index in [2.05, 4.69) is 0 Å². The van der Waals surface area contributed by atoms with Crippen LogP contribution in [0.2, 0.25) is 0 Å². The van der Waals surface area contributed by atoms with Crippen molar-refractivity contribution >= 4 is 9.84 Å². The second-order valence-electron chi connectivity index (χ2n) is 4.15. The topological polar surface area (TPSA) is 60.2 Å². The van der Waals surface area contributed by atoms with Crippen LogP contribution in [0.3, 0.4) is 0 Å². The molecule has 0 amide bonds. The number of nitrogens with two attached hydrogens (primary N) is 1. The van der Waals surface area contributed by atoms with Gasteiger partial charge in [-0.05, 0) is 18.6 Å². The van der Waals surface area contributed by atoms with Crippen molar-refractivity contribution < 1.29 is 21.6 Å². The summed E-state index contributed by atoms with van der Waals surface area (Å²) in [5, 5.41) is -1.08. The van der Waals surface area contributed by atoms with Crippen LogP contribution in [0, 0.1) is 0 Å². The van der Waals surface area contributed by atoms with Gasteiger partial charge in [0, 0.05) is 12.3 Å². The third-order valence-electron chi connectivity index (χ3n) is 2.81. The summed E-state index contributed by atoms with van der Waals surface area (Å²) < 4.78 is 61.0. The molecule has 2 atom stereocenters. The molecule has 3 nitrogen and oxygen atoms in total. The zero-order valence-electron chi connectivity index (χ0n) is 9.90. The van der Waals surface area contributed by atoms with Crippen molar-refractivity contribution in [3.05, 3.63) is 35.4 Å². The monoisotopic (exact) mass is 281 g/mol. The quantitative estimate of drug-likeness (QED) is 0.923. The molecule has 2 unspecified atom stereocenters. The first-order valence-corrected chi connectivity index (χ1v) is 7.11. The van der Waals surface area contributed by atoms with E-state index in [0.717, 1.165) is 12.3 Å². The lowest BCUT2D eigenvalue weighted by Crippen LogP contribution is -2.32. The van der Waals surface area contributed by atoms with Gasteiger partial charge in [-0.25, -0.2) is 8.42 Å². The van der Waals surface area contributed by atoms with E-state index in [4.69, 9.17) is 5.73 Å². The lowest BCUT2D eigenvalue weighted by atomic mass is 9.98. The highest BCUT2D eigenvalue weighted by Gasteiger charge is 2.36. The van der Waals surface area contributed by atoms with Crippen molar-refractivity contribution in [1.29, 1.82) is 0 Å². The molecule has 0 aliphatic heterocycles. The minimum atomic E-state index is -4.55. The fourth-order valence-electron chi connectivity index (χ4n) is 1.57. The molecular formula is C11H14F3NO2S. The molecule has 0 saturated heterocycles. The molecule has 0 aliphatic carbocycles. The molecule has 1 aromatic rings. The zero-order valence-corrected chi connectivity index (χ0v) is 10.7. The molecule has 1 aromatic carbocycles. The molecule has 0 radical (unpaired) electrons. The molecule has 0 bridgehead atoms. The number of halogens is 3. The molecule has 18 heavy (non-hydrogen) atoms. The first-order chi connectivity index (χ1) is 8.05. The maximum Gasteiger partial charge on any atom is 0.416 e. The van der Waals surface area contributed by atoms with Crippen LogP contribution in [-0.4, -0.2) is 19.9 Å². The van der Waals surface area contributed by atoms with Gasteiger partial charge in [-0.3, -0.25) is 0 Å². The fraction of sp³-hybridized carbons (Fsp3) is 0.455. The van der Waals surface area contributed by atoms with Gasteiger partial charge >= 0.3 is 6.18 Å². The molecule has 7 heteroatoms. The molecule has 0 saturated carbocycles. The van der Waals surface area contributed by atoms with E-state index in [1.807, 2.05) is 0 Å². The molecule has 102 valence electrons. The Balaban J connectivity index is 3.27. The summed E-state index contributed by atoms with van der Waals surface area (Å²) in [5.41, 5.74) is 4.54. The van der Waals surface area contributed by atoms with E-state index < -0.39 is 32.9 Å². The Morgan fingerprint density at radius 2 is 1.72 bits per heavy atom. The van der Waals surface area contributed by atoms with E-state index in [1.54, 1.807) is 0 Å². The van der Waals surface area contributed by atoms with Crippen LogP contribution >= 0.6 is 0 Å². The lowest BCUT2D eigenvalue weighted by Gasteiger charge is -2.22. The highest BCUT2D eigenvalue weighted by atomic mass is 32.2. The average molecular weight is 281 g/mol. The van der Waals surface area contributed by atoms with Crippen molar-refractivity contribution in [2.75, 3.05) is 6.26 Å². The minimum absolute atomic E-state index is 0.206. The van der Waals surface area contributed by atoms with Gasteiger partial charge in [0.2, 0.25) is 0 Å². The number of hydrogen-bond acceptors (Lipinski definition) is 3. The standard InChI is InChI=1S/C11H14F3NO2S/c1-7(18(2,16)17)10(15)8-5-3-4-6-9(8)11(12,13)14/h3-7,10H,15H2,1-2H3. The maximum atomic E-state index is 12.8. The van der Waals surface area contributed by atoms with Crippen molar-refractivity contribution in [2.45, 2.75) is 24.4 Å². The molecule has 0 aliphatic rings. The number of sulfone groups is 1. The maximum absolute atomic E-state index is 12.8. The fourth-order valence-corrected chi connectivity index (χ4v) is 2.24. The Morgan fingerprint density at radius 1 is 1.22 bits per heavy atom. The van der Waals surface area contributed by atoms with Crippen LogP contribution in [0.15, 0.2) is 24.3 Å². The largest absolute Gasteiger partial charge is 0.416 e. The van der Waals surface area contributed by atoms with Crippen LogP contribution in [0.25, 0.3) is 0 Å². The van der Waals surface area contributed by atoms with Gasteiger partial charge in [-0.1, -0.05) is 18.2 Å². The predicted molar refractivity (Wildman–Crippen MR) is 62.7 cm³/mol. The first-order valence-electron chi connectivity index (χ1n) is 5.15. The van der Waals surface area contributed by atoms with Gasteiger partial charge in [0.25, 0.3) is 0 Å². The molecule has 0 heterocycles. The molecule has 2 N–H and O–H groups in total. The first kappa shape index (κ1) is 15.0. The number of rotatable bonds is 3. The zero-order chi connectivity index (χ0) is 14.1. The Bertz CT molecular complexity index is 525. The van der Waals surface area contributed by atoms with Gasteiger partial charge in [-0.15, -0.1) is 0 Å². The highest BCUT2D eigenvalue weighted by molar-refractivity contribution is 7.91. The summed E-state index contributed by atoms with van der Waals surface area (Å²) in [6.07, 6.45) is -3.60. The van der Waals surface area contributed by atoms with E-state index in [0.29, 0.717) is 0 Å². The smallest absolute Gasteiger partial charge is 0.323 e. The number of hydrogen-bond donors (Lipinski definition) is 1. The Hall–Kier alpha value is -1.08. The summed E-state index contributed by atoms with van der Waals surface area (Å²) in [6, 6.07) is 3.53. The van der Waals surface area contributed by atoms with Gasteiger partial charge in [0.05, 0.1) is 10.8 Å². The third-order valence-corrected chi connectivity index (χ3v) is 4.45. The highest BCUT2D eigenvalue weighted by Crippen LogP contribution is 2.35. The second kappa shape index (κ2) is 4.89. The van der Waals surface area contributed by atoms with Crippen LogP contribution in [0.4, 0.5) is 13.2 Å². The van der Waals surface area contributed by atoms with Crippen molar-refractivity contribution in [1.82, 2.24) is 0 Å². The van der Waals surface area contributed by atoms with Crippen molar-refractivity contribution in [3.8, 4) is 0 Å². The van der Waals surface area contributed by atoms with Crippen LogP contribution in [0.5, 0.6) is 0 Å². The Labute approximate surface area is 104 Å². The summed E-state index contributed by atoms with van der Waals surface area (Å²) in [7, 11) is -3.50. The molecule has 0 fully saturated rings. The van der Waals surface area contributed by atoms with Crippen LogP contribution in [-0.2, 0) is 16.0 Å². The molecule has 1 rings (SSSR count). The van der Waals surface area contributed by atoms with Gasteiger partial charge in [0.1, 0.15) is 0 Å². The molecule has 0 spiro atoms. The Kier molecular flexibility index (Phi) is 4.07. The van der Waals surface area contributed by atoms with Crippen LogP contribution < -0.4 is 5.73 Å². The van der Waals surface area contributed by atoms with E-state index in [9.17, 15) is 21.6 Å². The molecular weight excluding hydrogens is 267 g/mol. The van der Waals surface area contributed by atoms with E-state index in [-0.39, 0.29) is 5.56 Å². The average Bonchev–Trinajstić information content (AvgIpc) is 2.24. The summed E-state index contributed by atoms with van der Waals surface area (Å²) in [6.45, 7) is 1.30. The molecule has 0 aromatic heterocycles. The third kappa shape index (κ3) is 3.23. The summed E-state index contributed by atoms with van der Waals surface area (Å²) in [4.78, 5) is 0.